The van der Waals surface area contributed by atoms with Crippen LogP contribution in [-0.2, 0) is 4.79 Å². The van der Waals surface area contributed by atoms with E-state index in [1.54, 1.807) is 17.2 Å². The number of carbonyl (C=O) groups excluding carboxylic acids is 2. The second-order valence-corrected chi connectivity index (χ2v) is 5.57. The second kappa shape index (κ2) is 5.56. The van der Waals surface area contributed by atoms with Gasteiger partial charge in [-0.3, -0.25) is 9.59 Å². The number of hydrogen-bond donors (Lipinski definition) is 2. The van der Waals surface area contributed by atoms with Gasteiger partial charge >= 0.3 is 0 Å². The zero-order valence-corrected chi connectivity index (χ0v) is 12.0. The molecule has 0 radical (unpaired) electrons. The van der Waals surface area contributed by atoms with Crippen molar-refractivity contribution >= 4 is 17.5 Å². The summed E-state index contributed by atoms with van der Waals surface area (Å²) < 4.78 is 1.84. The van der Waals surface area contributed by atoms with E-state index in [-0.39, 0.29) is 11.9 Å². The van der Waals surface area contributed by atoms with Gasteiger partial charge in [-0.25, -0.2) is 0 Å². The van der Waals surface area contributed by atoms with E-state index in [1.807, 2.05) is 18.4 Å². The van der Waals surface area contributed by atoms with Gasteiger partial charge in [-0.1, -0.05) is 0 Å². The first-order valence-electron chi connectivity index (χ1n) is 6.99. The number of nitrogens with two attached hydrogens (primary N) is 2. The zero-order valence-electron chi connectivity index (χ0n) is 12.0. The van der Waals surface area contributed by atoms with Crippen LogP contribution in [0.4, 0.5) is 5.69 Å². The molecule has 2 heterocycles. The molecule has 1 aliphatic rings. The van der Waals surface area contributed by atoms with Gasteiger partial charge in [0.1, 0.15) is 11.7 Å². The van der Waals surface area contributed by atoms with Crippen LogP contribution in [-0.4, -0.2) is 33.9 Å². The average molecular weight is 278 g/mol. The van der Waals surface area contributed by atoms with Crippen LogP contribution >= 0.6 is 0 Å². The average Bonchev–Trinajstić information content (AvgIpc) is 2.80. The van der Waals surface area contributed by atoms with Crippen molar-refractivity contribution in [3.63, 3.8) is 0 Å². The molecule has 0 spiro atoms. The number of amides is 2. The topological polar surface area (TPSA) is 94.3 Å². The van der Waals surface area contributed by atoms with Crippen LogP contribution < -0.4 is 11.5 Å². The number of aromatic nitrogens is 1. The number of rotatable bonds is 3. The van der Waals surface area contributed by atoms with E-state index in [2.05, 4.69) is 0 Å². The first kappa shape index (κ1) is 14.4. The number of likely N-dealkylation sites (tertiary alicyclic amines) is 1. The number of primary amides is 1. The second-order valence-electron chi connectivity index (χ2n) is 5.57. The van der Waals surface area contributed by atoms with Crippen LogP contribution in [0.5, 0.6) is 0 Å². The molecular formula is C14H22N4O2. The van der Waals surface area contributed by atoms with Crippen LogP contribution in [0.2, 0.25) is 0 Å². The third-order valence-corrected chi connectivity index (χ3v) is 3.74. The Balaban J connectivity index is 2.32. The fourth-order valence-corrected chi connectivity index (χ4v) is 2.72. The molecule has 0 aliphatic carbocycles. The Kier molecular flexibility index (Phi) is 4.01. The van der Waals surface area contributed by atoms with Crippen LogP contribution in [0.25, 0.3) is 0 Å². The Morgan fingerprint density at radius 3 is 2.65 bits per heavy atom. The molecule has 2 amide bonds. The lowest BCUT2D eigenvalue weighted by Gasteiger charge is -2.34. The van der Waals surface area contributed by atoms with Crippen molar-refractivity contribution in [1.82, 2.24) is 9.47 Å². The van der Waals surface area contributed by atoms with Gasteiger partial charge < -0.3 is 20.9 Å². The van der Waals surface area contributed by atoms with E-state index in [0.29, 0.717) is 24.3 Å². The summed E-state index contributed by atoms with van der Waals surface area (Å²) in [6, 6.07) is 1.28. The molecule has 20 heavy (non-hydrogen) atoms. The van der Waals surface area contributed by atoms with Gasteiger partial charge in [-0.15, -0.1) is 0 Å². The summed E-state index contributed by atoms with van der Waals surface area (Å²) in [6.45, 7) is 4.53. The summed E-state index contributed by atoms with van der Waals surface area (Å²) in [6.07, 6.45) is 4.21. The molecule has 1 aromatic rings. The van der Waals surface area contributed by atoms with E-state index in [4.69, 9.17) is 11.5 Å². The lowest BCUT2D eigenvalue weighted by molar-refractivity contribution is -0.123. The van der Waals surface area contributed by atoms with E-state index in [1.165, 1.54) is 0 Å². The summed E-state index contributed by atoms with van der Waals surface area (Å²) in [4.78, 5) is 25.8. The van der Waals surface area contributed by atoms with Gasteiger partial charge in [0.15, 0.2) is 0 Å². The van der Waals surface area contributed by atoms with Crippen LogP contribution in [0.15, 0.2) is 12.3 Å². The van der Waals surface area contributed by atoms with Crippen molar-refractivity contribution in [2.45, 2.75) is 45.2 Å². The lowest BCUT2D eigenvalue weighted by Crippen LogP contribution is -2.50. The number of piperidine rings is 1. The SMILES string of the molecule is CC(C)n1cc(N)cc1C(=O)N1CCCCC1C(N)=O. The predicted molar refractivity (Wildman–Crippen MR) is 77.1 cm³/mol. The Bertz CT molecular complexity index is 521. The molecule has 1 aliphatic heterocycles. The van der Waals surface area contributed by atoms with E-state index in [0.717, 1.165) is 12.8 Å². The third kappa shape index (κ3) is 2.64. The Morgan fingerprint density at radius 1 is 1.35 bits per heavy atom. The van der Waals surface area contributed by atoms with Gasteiger partial charge in [-0.2, -0.15) is 0 Å². The Labute approximate surface area is 118 Å². The van der Waals surface area contributed by atoms with Crippen molar-refractivity contribution < 1.29 is 9.59 Å². The van der Waals surface area contributed by atoms with Crippen LogP contribution in [0.3, 0.4) is 0 Å². The van der Waals surface area contributed by atoms with Crippen molar-refractivity contribution in [2.75, 3.05) is 12.3 Å². The van der Waals surface area contributed by atoms with Gasteiger partial charge in [-0.05, 0) is 39.2 Å². The largest absolute Gasteiger partial charge is 0.397 e. The van der Waals surface area contributed by atoms with Crippen molar-refractivity contribution in [3.05, 3.63) is 18.0 Å². The first-order chi connectivity index (χ1) is 9.41. The zero-order chi connectivity index (χ0) is 14.9. The first-order valence-corrected chi connectivity index (χ1v) is 6.99. The van der Waals surface area contributed by atoms with Gasteiger partial charge in [0, 0.05) is 18.8 Å². The molecule has 2 rings (SSSR count). The summed E-state index contributed by atoms with van der Waals surface area (Å²) in [5.74, 6) is -0.604. The highest BCUT2D eigenvalue weighted by Crippen LogP contribution is 2.23. The summed E-state index contributed by atoms with van der Waals surface area (Å²) >= 11 is 0. The highest BCUT2D eigenvalue weighted by atomic mass is 16.2. The maximum Gasteiger partial charge on any atom is 0.271 e. The minimum absolute atomic E-state index is 0.128. The van der Waals surface area contributed by atoms with Crippen molar-refractivity contribution in [1.29, 1.82) is 0 Å². The lowest BCUT2D eigenvalue weighted by atomic mass is 10.0. The molecule has 0 aromatic carbocycles. The Hall–Kier alpha value is -1.98. The molecule has 1 unspecified atom stereocenters. The van der Waals surface area contributed by atoms with Crippen LogP contribution in [0, 0.1) is 0 Å². The van der Waals surface area contributed by atoms with E-state index < -0.39 is 11.9 Å². The minimum atomic E-state index is -0.506. The number of hydrogen-bond acceptors (Lipinski definition) is 3. The summed E-state index contributed by atoms with van der Waals surface area (Å²) in [7, 11) is 0. The van der Waals surface area contributed by atoms with E-state index >= 15 is 0 Å². The fraction of sp³-hybridized carbons (Fsp3) is 0.571. The standard InChI is InChI=1S/C14H22N4O2/c1-9(2)18-8-10(15)7-12(18)14(20)17-6-4-3-5-11(17)13(16)19/h7-9,11H,3-6,15H2,1-2H3,(H2,16,19). The molecule has 0 saturated carbocycles. The molecule has 0 bridgehead atoms. The van der Waals surface area contributed by atoms with Gasteiger partial charge in [0.05, 0.1) is 5.69 Å². The highest BCUT2D eigenvalue weighted by Gasteiger charge is 2.32. The Morgan fingerprint density at radius 2 is 2.05 bits per heavy atom. The van der Waals surface area contributed by atoms with Crippen molar-refractivity contribution in [3.8, 4) is 0 Å². The van der Waals surface area contributed by atoms with Gasteiger partial charge in [0.25, 0.3) is 5.91 Å². The van der Waals surface area contributed by atoms with Crippen molar-refractivity contribution in [2.24, 2.45) is 5.73 Å². The molecule has 1 aromatic heterocycles. The minimum Gasteiger partial charge on any atom is -0.397 e. The molecule has 110 valence electrons. The van der Waals surface area contributed by atoms with Crippen LogP contribution in [0.1, 0.15) is 49.6 Å². The number of anilines is 1. The predicted octanol–water partition coefficient (Wildman–Crippen LogP) is 1.13. The highest BCUT2D eigenvalue weighted by molar-refractivity contribution is 5.97. The molecule has 6 nitrogen and oxygen atoms in total. The normalized spacial score (nSPS) is 19.4. The molecule has 1 fully saturated rings. The maximum atomic E-state index is 12.7. The molecule has 1 saturated heterocycles. The molecule has 4 N–H and O–H groups in total. The quantitative estimate of drug-likeness (QED) is 0.867. The molecular weight excluding hydrogens is 256 g/mol. The number of nitrogen functional groups attached to an aromatic ring is 1. The summed E-state index contributed by atoms with van der Waals surface area (Å²) in [5.41, 5.74) is 12.3. The fourth-order valence-electron chi connectivity index (χ4n) is 2.72. The smallest absolute Gasteiger partial charge is 0.271 e. The monoisotopic (exact) mass is 278 g/mol. The van der Waals surface area contributed by atoms with Gasteiger partial charge in [0.2, 0.25) is 5.91 Å². The molecule has 1 atom stereocenters. The number of nitrogens with zero attached hydrogens (tertiary/aromatic N) is 2. The molecule has 6 heteroatoms. The third-order valence-electron chi connectivity index (χ3n) is 3.74. The summed E-state index contributed by atoms with van der Waals surface area (Å²) in [5, 5.41) is 0. The maximum absolute atomic E-state index is 12.7. The number of carbonyl (C=O) groups is 2. The van der Waals surface area contributed by atoms with E-state index in [9.17, 15) is 9.59 Å².